The van der Waals surface area contributed by atoms with Gasteiger partial charge < -0.3 is 10.7 Å². The molecule has 3 N–H and O–H groups in total. The van der Waals surface area contributed by atoms with Gasteiger partial charge in [-0.3, -0.25) is 0 Å². The van der Waals surface area contributed by atoms with Crippen LogP contribution in [-0.4, -0.2) is 48.0 Å². The second-order valence-corrected chi connectivity index (χ2v) is 5.93. The molecule has 0 aromatic carbocycles. The van der Waals surface area contributed by atoms with E-state index in [4.69, 9.17) is 84.9 Å². The maximum Gasteiger partial charge on any atom is 0.291 e. The number of rotatable bonds is 0. The molecule has 0 heterocycles. The zero-order chi connectivity index (χ0) is 13.0. The minimum atomic E-state index is -1.50. The van der Waals surface area contributed by atoms with Crippen LogP contribution in [-0.2, 0) is 0 Å². The van der Waals surface area contributed by atoms with E-state index in [1.165, 1.54) is 0 Å². The molecule has 0 bridgehead atoms. The fourth-order valence-electron chi connectivity index (χ4n) is 1.05. The summed E-state index contributed by atoms with van der Waals surface area (Å²) in [5.74, 6) is 0. The third-order valence-corrected chi connectivity index (χ3v) is 5.86. The molecule has 17 heavy (non-hydrogen) atoms. The Morgan fingerprint density at radius 2 is 0.824 bits per heavy atom. The van der Waals surface area contributed by atoms with Crippen molar-refractivity contribution in [1.29, 1.82) is 0 Å². The average molecular weight is 372 g/mol. The van der Waals surface area contributed by atoms with Gasteiger partial charge in [-0.1, -0.05) is 0 Å². The maximum absolute atomic E-state index is 8.36. The normalized spacial score (nSPS) is 40.6. The van der Waals surface area contributed by atoms with E-state index < -0.39 is 37.3 Å². The molecular weight excluding hydrogens is 363 g/mol. The van der Waals surface area contributed by atoms with E-state index in [0.29, 0.717) is 0 Å². The molecule has 1 saturated carbocycles. The van der Waals surface area contributed by atoms with E-state index in [-0.39, 0.29) is 5.48 Å². The van der Waals surface area contributed by atoms with Crippen molar-refractivity contribution >= 4 is 69.6 Å². The fraction of sp³-hybridized carbons (Fsp3) is 1.00. The minimum absolute atomic E-state index is 0. The lowest BCUT2D eigenvalue weighted by Crippen LogP contribution is -2.52. The van der Waals surface area contributed by atoms with E-state index >= 15 is 0 Å². The van der Waals surface area contributed by atoms with Gasteiger partial charge >= 0.3 is 0 Å². The summed E-state index contributed by atoms with van der Waals surface area (Å²) in [6.45, 7) is 0. The quantitative estimate of drug-likeness (QED) is 0.402. The first kappa shape index (κ1) is 20.2. The van der Waals surface area contributed by atoms with Crippen molar-refractivity contribution in [3.63, 3.8) is 0 Å². The molecule has 0 spiro atoms. The van der Waals surface area contributed by atoms with Crippen LogP contribution < -0.4 is 0 Å². The highest BCUT2D eigenvalue weighted by Gasteiger charge is 2.46. The predicted molar refractivity (Wildman–Crippen MR) is 70.2 cm³/mol. The molecule has 1 fully saturated rings. The van der Waals surface area contributed by atoms with Crippen LogP contribution in [0.4, 0.5) is 0 Å². The smallest absolute Gasteiger partial charge is 0.291 e. The lowest BCUT2D eigenvalue weighted by molar-refractivity contribution is -0.742. The zero-order valence-corrected chi connectivity index (χ0v) is 12.5. The van der Waals surface area contributed by atoms with E-state index in [1.54, 1.807) is 0 Å². The molecule has 0 aromatic heterocycles. The Bertz CT molecular complexity index is 184. The lowest BCUT2D eigenvalue weighted by Gasteiger charge is -2.37. The van der Waals surface area contributed by atoms with Crippen molar-refractivity contribution in [3.8, 4) is 0 Å². The largest absolute Gasteiger partial charge is 0.412 e. The van der Waals surface area contributed by atoms with Gasteiger partial charge in [-0.25, -0.2) is 0 Å². The minimum Gasteiger partial charge on any atom is -0.412 e. The van der Waals surface area contributed by atoms with Crippen LogP contribution in [0, 0.1) is 10.1 Å². The summed E-state index contributed by atoms with van der Waals surface area (Å²) in [6, 6.07) is 0. The Morgan fingerprint density at radius 3 is 0.882 bits per heavy atom. The van der Waals surface area contributed by atoms with E-state index in [9.17, 15) is 0 Å². The number of halogens is 6. The molecule has 0 atom stereocenters. The van der Waals surface area contributed by atoms with Crippen LogP contribution in [0.15, 0.2) is 0 Å². The van der Waals surface area contributed by atoms with Crippen LogP contribution in [0.3, 0.4) is 0 Å². The van der Waals surface area contributed by atoms with Gasteiger partial charge in [0.1, 0.15) is 0 Å². The van der Waals surface area contributed by atoms with Crippen LogP contribution in [0.25, 0.3) is 0 Å². The Kier molecular flexibility index (Phi) is 10.6. The maximum atomic E-state index is 8.36. The summed E-state index contributed by atoms with van der Waals surface area (Å²) >= 11 is 35.3. The molecule has 1 aliphatic rings. The molecule has 0 saturated heterocycles. The van der Waals surface area contributed by atoms with Gasteiger partial charge in [0.25, 0.3) is 5.09 Å². The standard InChI is InChI=1S/C6H6Cl6.HNO3.H2O/c7-1-2(8)4(10)6(12)5(11)3(1)9;2-1(3)4;/h1-6H;(H,2,3,4);1H2. The second kappa shape index (κ2) is 8.91. The molecule has 0 unspecified atom stereocenters. The van der Waals surface area contributed by atoms with E-state index in [2.05, 4.69) is 0 Å². The predicted octanol–water partition coefficient (Wildman–Crippen LogP) is 2.47. The van der Waals surface area contributed by atoms with E-state index in [0.717, 1.165) is 0 Å². The van der Waals surface area contributed by atoms with Crippen LogP contribution in [0.2, 0.25) is 0 Å². The highest BCUT2D eigenvalue weighted by molar-refractivity contribution is 6.45. The molecule has 0 aromatic rings. The molecular formula is C6H9Cl6NO4. The number of alkyl halides is 6. The second-order valence-electron chi connectivity index (χ2n) is 2.90. The summed E-state index contributed by atoms with van der Waals surface area (Å²) in [5.41, 5.74) is 0. The van der Waals surface area contributed by atoms with Crippen LogP contribution in [0.1, 0.15) is 0 Å². The number of nitrogens with zero attached hydrogens (tertiary/aromatic N) is 1. The summed E-state index contributed by atoms with van der Waals surface area (Å²) in [5, 5.41) is 11.0. The van der Waals surface area contributed by atoms with Crippen LogP contribution >= 0.6 is 69.6 Å². The summed E-state index contributed by atoms with van der Waals surface area (Å²) in [7, 11) is 0. The fourth-order valence-corrected chi connectivity index (χ4v) is 3.38. The third kappa shape index (κ3) is 6.05. The van der Waals surface area contributed by atoms with Crippen LogP contribution in [0.5, 0.6) is 0 Å². The van der Waals surface area contributed by atoms with Gasteiger partial charge in [0.15, 0.2) is 0 Å². The van der Waals surface area contributed by atoms with Gasteiger partial charge in [0, 0.05) is 0 Å². The molecule has 0 amide bonds. The SMILES string of the molecule is ClC1C(Cl)C(Cl)C(Cl)C(Cl)C1Cl.O.O=[N+]([O-])O. The molecule has 5 nitrogen and oxygen atoms in total. The third-order valence-electron chi connectivity index (χ3n) is 1.83. The van der Waals surface area contributed by atoms with Gasteiger partial charge in [-0.2, -0.15) is 0 Å². The first-order chi connectivity index (χ1) is 7.20. The van der Waals surface area contributed by atoms with Crippen molar-refractivity contribution in [3.05, 3.63) is 10.1 Å². The summed E-state index contributed by atoms with van der Waals surface area (Å²) in [6.07, 6.45) is 0. The monoisotopic (exact) mass is 369 g/mol. The first-order valence-corrected chi connectivity index (χ1v) is 6.49. The van der Waals surface area contributed by atoms with Gasteiger partial charge in [-0.15, -0.1) is 79.7 Å². The van der Waals surface area contributed by atoms with E-state index in [1.807, 2.05) is 0 Å². The molecule has 0 aliphatic heterocycles. The lowest BCUT2D eigenvalue weighted by atomic mass is 9.97. The molecule has 1 aliphatic carbocycles. The number of hydrogen-bond acceptors (Lipinski definition) is 2. The molecule has 11 heteroatoms. The summed E-state index contributed by atoms with van der Waals surface area (Å²) in [4.78, 5) is 8.36. The van der Waals surface area contributed by atoms with Crippen molar-refractivity contribution in [2.24, 2.45) is 0 Å². The average Bonchev–Trinajstić information content (AvgIpc) is 2.20. The van der Waals surface area contributed by atoms with Crippen molar-refractivity contribution < 1.29 is 15.8 Å². The highest BCUT2D eigenvalue weighted by Crippen LogP contribution is 2.39. The van der Waals surface area contributed by atoms with Crippen molar-refractivity contribution in [2.75, 3.05) is 0 Å². The van der Waals surface area contributed by atoms with Crippen molar-refractivity contribution in [2.45, 2.75) is 32.3 Å². The van der Waals surface area contributed by atoms with Gasteiger partial charge in [0.05, 0.1) is 32.3 Å². The summed E-state index contributed by atoms with van der Waals surface area (Å²) < 4.78 is 0. The molecule has 0 radical (unpaired) electrons. The molecule has 104 valence electrons. The highest BCUT2D eigenvalue weighted by atomic mass is 35.5. The van der Waals surface area contributed by atoms with Crippen molar-refractivity contribution in [1.82, 2.24) is 0 Å². The Labute approximate surface area is 127 Å². The Morgan fingerprint density at radius 1 is 0.765 bits per heavy atom. The van der Waals surface area contributed by atoms with Gasteiger partial charge in [0.2, 0.25) is 0 Å². The Balaban J connectivity index is 0. The first-order valence-electron chi connectivity index (χ1n) is 3.87. The number of hydrogen-bond donors (Lipinski definition) is 1. The Hall–Kier alpha value is 0.900. The zero-order valence-electron chi connectivity index (χ0n) is 7.94. The van der Waals surface area contributed by atoms with Gasteiger partial charge in [-0.05, 0) is 0 Å². The topological polar surface area (TPSA) is 94.9 Å². The molecule has 1 rings (SSSR count).